The maximum absolute atomic E-state index is 4.96. The molecule has 0 bridgehead atoms. The largest absolute Gasteiger partial charge is 0.310 e. The highest BCUT2D eigenvalue weighted by atomic mass is 15.0. The minimum atomic E-state index is -0.0479. The molecule has 75 heavy (non-hydrogen) atoms. The van der Waals surface area contributed by atoms with Gasteiger partial charge in [-0.25, -0.2) is 9.97 Å². The van der Waals surface area contributed by atoms with Gasteiger partial charge in [0.2, 0.25) is 0 Å². The Hall–Kier alpha value is -6.72. The molecule has 0 unspecified atom stereocenters. The number of hydrogen-bond acceptors (Lipinski definition) is 2. The molecule has 12 rings (SSSR count). The zero-order valence-electron chi connectivity index (χ0n) is 48.0. The lowest BCUT2D eigenvalue weighted by Gasteiger charge is -2.34. The molecule has 0 N–H and O–H groups in total. The highest BCUT2D eigenvalue weighted by Gasteiger charge is 2.43. The van der Waals surface area contributed by atoms with E-state index in [-0.39, 0.29) is 39.2 Å². The van der Waals surface area contributed by atoms with Crippen LogP contribution in [0.15, 0.2) is 128 Å². The van der Waals surface area contributed by atoms with Crippen molar-refractivity contribution in [3.8, 4) is 44.9 Å². The van der Waals surface area contributed by atoms with Gasteiger partial charge in [0.05, 0.1) is 16.7 Å². The Bertz CT molecular complexity index is 3740. The van der Waals surface area contributed by atoms with E-state index in [1.807, 2.05) is 6.20 Å². The number of fused-ring (bicyclic) bond motifs is 10. The minimum Gasteiger partial charge on any atom is -0.310 e. The maximum Gasteiger partial charge on any atom is 0.252 e. The van der Waals surface area contributed by atoms with Crippen LogP contribution in [0.2, 0.25) is 0 Å². The number of rotatable bonds is 3. The van der Waals surface area contributed by atoms with E-state index < -0.39 is 0 Å². The summed E-state index contributed by atoms with van der Waals surface area (Å²) in [4.78, 5) is 9.37. The first-order valence-electron chi connectivity index (χ1n) is 27.5. The van der Waals surface area contributed by atoms with Crippen molar-refractivity contribution in [1.29, 1.82) is 0 Å². The lowest BCUT2D eigenvalue weighted by atomic mass is 9.34. The molecule has 0 saturated carbocycles. The molecule has 4 nitrogen and oxygen atoms in total. The van der Waals surface area contributed by atoms with Gasteiger partial charge < -0.3 is 9.13 Å². The Morgan fingerprint density at radius 1 is 0.373 bits per heavy atom. The van der Waals surface area contributed by atoms with E-state index in [2.05, 4.69) is 254 Å². The fourth-order valence-corrected chi connectivity index (χ4v) is 12.4. The first-order valence-corrected chi connectivity index (χ1v) is 27.5. The lowest BCUT2D eigenvalue weighted by molar-refractivity contribution is 0.568. The highest BCUT2D eigenvalue weighted by Crippen LogP contribution is 2.48. The van der Waals surface area contributed by atoms with Crippen LogP contribution in [0.5, 0.6) is 0 Å². The molecule has 378 valence electrons. The summed E-state index contributed by atoms with van der Waals surface area (Å²) in [6, 6.07) is 46.4. The van der Waals surface area contributed by atoms with Crippen molar-refractivity contribution in [2.45, 2.75) is 157 Å². The van der Waals surface area contributed by atoms with E-state index in [1.165, 1.54) is 127 Å². The number of nitrogens with zero attached hydrogens (tertiary/aromatic N) is 4. The van der Waals surface area contributed by atoms with Crippen molar-refractivity contribution < 1.29 is 0 Å². The van der Waals surface area contributed by atoms with Crippen LogP contribution in [0.4, 0.5) is 0 Å². The van der Waals surface area contributed by atoms with Crippen LogP contribution in [0, 0.1) is 0 Å². The molecular weight excluding hydrogens is 908 g/mol. The lowest BCUT2D eigenvalue weighted by Crippen LogP contribution is -2.59. The number of benzene rings is 7. The molecule has 5 heterocycles. The zero-order valence-corrected chi connectivity index (χ0v) is 48.0. The maximum atomic E-state index is 4.96. The van der Waals surface area contributed by atoms with Gasteiger partial charge >= 0.3 is 0 Å². The molecule has 0 aliphatic carbocycles. The molecule has 0 radical (unpaired) electrons. The van der Waals surface area contributed by atoms with Crippen LogP contribution >= 0.6 is 0 Å². The van der Waals surface area contributed by atoms with Crippen molar-refractivity contribution >= 4 is 66.7 Å². The predicted octanol–water partition coefficient (Wildman–Crippen LogP) is 16.6. The van der Waals surface area contributed by atoms with Gasteiger partial charge in [-0.1, -0.05) is 197 Å². The van der Waals surface area contributed by atoms with E-state index >= 15 is 0 Å². The van der Waals surface area contributed by atoms with Crippen LogP contribution in [0.1, 0.15) is 158 Å². The summed E-state index contributed by atoms with van der Waals surface area (Å²) in [7, 11) is 0. The predicted molar refractivity (Wildman–Crippen MR) is 324 cm³/mol. The average Bonchev–Trinajstić information content (AvgIpc) is 3.86. The van der Waals surface area contributed by atoms with Crippen molar-refractivity contribution in [1.82, 2.24) is 19.1 Å². The van der Waals surface area contributed by atoms with Crippen LogP contribution in [0.3, 0.4) is 0 Å². The molecular formula is C70H75BN4. The third-order valence-electron chi connectivity index (χ3n) is 17.0. The van der Waals surface area contributed by atoms with Gasteiger partial charge in [-0.2, -0.15) is 0 Å². The van der Waals surface area contributed by atoms with Gasteiger partial charge in [-0.3, -0.25) is 0 Å². The molecule has 0 spiro atoms. The number of hydrogen-bond donors (Lipinski definition) is 0. The SMILES string of the molecule is CC(C)(C)c1cc(-c2ccc3c4c2c2cc(C(C)(C)C)ccc2n4-c2cc(-c4ccncn4)cc4c2B3c2ccc(-c3cc(C(C)(C)C)cc(C(C)(C)C)c3)c3c5cc(C(C)(C)C)ccc5n-4c23)cc(C(C)(C)C)c1. The molecule has 0 saturated heterocycles. The van der Waals surface area contributed by atoms with Gasteiger partial charge in [0.1, 0.15) is 6.33 Å². The summed E-state index contributed by atoms with van der Waals surface area (Å²) >= 11 is 0. The zero-order chi connectivity index (χ0) is 53.4. The van der Waals surface area contributed by atoms with Gasteiger partial charge in [-0.15, -0.1) is 0 Å². The second-order valence-electron chi connectivity index (χ2n) is 28.5. The Morgan fingerprint density at radius 3 is 1.11 bits per heavy atom. The van der Waals surface area contributed by atoms with Gasteiger partial charge in [-0.05, 0) is 147 Å². The number of aromatic nitrogens is 4. The monoisotopic (exact) mass is 983 g/mol. The van der Waals surface area contributed by atoms with Crippen molar-refractivity contribution in [2.75, 3.05) is 0 Å². The topological polar surface area (TPSA) is 35.6 Å². The second kappa shape index (κ2) is 15.9. The summed E-state index contributed by atoms with van der Waals surface area (Å²) in [6.45, 7) is 42.2. The van der Waals surface area contributed by atoms with Crippen molar-refractivity contribution in [3.63, 3.8) is 0 Å². The summed E-state index contributed by atoms with van der Waals surface area (Å²) in [6.07, 6.45) is 3.57. The minimum absolute atomic E-state index is 0.0330. The van der Waals surface area contributed by atoms with Crippen LogP contribution in [0.25, 0.3) is 88.5 Å². The summed E-state index contributed by atoms with van der Waals surface area (Å²) < 4.78 is 5.28. The third-order valence-corrected chi connectivity index (χ3v) is 17.0. The Labute approximate surface area is 446 Å². The molecule has 3 aromatic heterocycles. The first-order chi connectivity index (χ1) is 35.0. The molecule has 5 heteroatoms. The molecule has 0 atom stereocenters. The van der Waals surface area contributed by atoms with Crippen molar-refractivity contribution in [3.05, 3.63) is 161 Å². The Balaban J connectivity index is 1.27. The molecule has 0 amide bonds. The standard InChI is InChI=1S/C70H75BN4/c1-65(2,3)43-19-25-56-51(37-43)60-49(40-29-45(67(7,8)9)35-46(30-40)68(10,11)12)21-23-53-63(60)74(56)58-33-42(55-27-28-72-39-73-55)34-59-62(58)71(53)54-24-22-50(41-31-47(69(13,14)15)36-48(32-41)70(16,17)18)61-52-38-44(66(4,5)6)20-26-57(52)75(59)64(54)61/h19-39H,1-18H3. The second-order valence-corrected chi connectivity index (χ2v) is 28.5. The normalized spacial score (nSPS) is 14.0. The fraction of sp³-hybridized carbons (Fsp3) is 0.343. The van der Waals surface area contributed by atoms with Crippen molar-refractivity contribution in [2.24, 2.45) is 0 Å². The van der Waals surface area contributed by atoms with E-state index in [9.17, 15) is 0 Å². The van der Waals surface area contributed by atoms with Gasteiger partial charge in [0.25, 0.3) is 6.71 Å². The average molecular weight is 983 g/mol. The summed E-state index contributed by atoms with van der Waals surface area (Å²) in [5.74, 6) is 0. The van der Waals surface area contributed by atoms with E-state index in [1.54, 1.807) is 6.33 Å². The summed E-state index contributed by atoms with van der Waals surface area (Å²) in [5.41, 5.74) is 26.5. The van der Waals surface area contributed by atoms with Crippen LogP contribution in [-0.2, 0) is 32.5 Å². The Kier molecular flexibility index (Phi) is 10.4. The van der Waals surface area contributed by atoms with Gasteiger partial charge in [0.15, 0.2) is 0 Å². The molecule has 2 aliphatic heterocycles. The first kappa shape index (κ1) is 49.2. The smallest absolute Gasteiger partial charge is 0.252 e. The quantitative estimate of drug-likeness (QED) is 0.165. The fourth-order valence-electron chi connectivity index (χ4n) is 12.4. The molecule has 7 aromatic carbocycles. The highest BCUT2D eigenvalue weighted by molar-refractivity contribution is 7.00. The molecule has 10 aromatic rings. The van der Waals surface area contributed by atoms with E-state index in [4.69, 9.17) is 4.98 Å². The van der Waals surface area contributed by atoms with Gasteiger partial charge in [0, 0.05) is 55.7 Å². The van der Waals surface area contributed by atoms with E-state index in [0.29, 0.717) is 0 Å². The summed E-state index contributed by atoms with van der Waals surface area (Å²) in [5, 5.41) is 5.23. The third kappa shape index (κ3) is 7.68. The van der Waals surface area contributed by atoms with Crippen LogP contribution < -0.4 is 16.4 Å². The Morgan fingerprint density at radius 2 is 0.760 bits per heavy atom. The molecule has 0 fully saturated rings. The van der Waals surface area contributed by atoms with Crippen LogP contribution in [-0.4, -0.2) is 25.8 Å². The van der Waals surface area contributed by atoms with E-state index in [0.717, 1.165) is 11.3 Å². The molecule has 2 aliphatic rings.